The summed E-state index contributed by atoms with van der Waals surface area (Å²) in [7, 11) is 2.84. The molecule has 0 aliphatic carbocycles. The molecule has 0 unspecified atom stereocenters. The van der Waals surface area contributed by atoms with Crippen LogP contribution in [0.15, 0.2) is 42.5 Å². The Morgan fingerprint density at radius 1 is 1.00 bits per heavy atom. The van der Waals surface area contributed by atoms with E-state index in [4.69, 9.17) is 4.74 Å². The minimum absolute atomic E-state index is 0.360. The average Bonchev–Trinajstić information content (AvgIpc) is 2.54. The standard InChI is InChI=1S/C17H18N2O4/c1-11-7-8-15(22-2)14(9-11)19-17(21)18-13-6-4-5-12(10-13)16(20)23-3/h4-10H,1-3H3,(H2,18,19,21). The third-order valence-electron chi connectivity index (χ3n) is 3.14. The summed E-state index contributed by atoms with van der Waals surface area (Å²) in [6.45, 7) is 1.92. The van der Waals surface area contributed by atoms with Crippen molar-refractivity contribution in [1.29, 1.82) is 0 Å². The van der Waals surface area contributed by atoms with Crippen molar-refractivity contribution in [1.82, 2.24) is 0 Å². The molecule has 0 saturated heterocycles. The highest BCUT2D eigenvalue weighted by atomic mass is 16.5. The van der Waals surface area contributed by atoms with Crippen LogP contribution in [0.2, 0.25) is 0 Å². The van der Waals surface area contributed by atoms with Gasteiger partial charge in [-0.1, -0.05) is 12.1 Å². The second-order valence-corrected chi connectivity index (χ2v) is 4.86. The van der Waals surface area contributed by atoms with Gasteiger partial charge < -0.3 is 20.1 Å². The number of anilines is 2. The number of hydrogen-bond acceptors (Lipinski definition) is 4. The quantitative estimate of drug-likeness (QED) is 0.848. The maximum absolute atomic E-state index is 12.1. The molecule has 0 saturated carbocycles. The highest BCUT2D eigenvalue weighted by Crippen LogP contribution is 2.25. The van der Waals surface area contributed by atoms with Crippen molar-refractivity contribution >= 4 is 23.4 Å². The number of amides is 2. The van der Waals surface area contributed by atoms with E-state index in [0.717, 1.165) is 5.56 Å². The smallest absolute Gasteiger partial charge is 0.337 e. The van der Waals surface area contributed by atoms with Gasteiger partial charge in [-0.15, -0.1) is 0 Å². The summed E-state index contributed by atoms with van der Waals surface area (Å²) in [5.41, 5.74) is 2.40. The monoisotopic (exact) mass is 314 g/mol. The second-order valence-electron chi connectivity index (χ2n) is 4.86. The number of hydrogen-bond donors (Lipinski definition) is 2. The Morgan fingerprint density at radius 2 is 1.78 bits per heavy atom. The van der Waals surface area contributed by atoms with Crippen LogP contribution in [0, 0.1) is 6.92 Å². The Morgan fingerprint density at radius 3 is 2.48 bits per heavy atom. The lowest BCUT2D eigenvalue weighted by Gasteiger charge is -2.12. The molecule has 0 atom stereocenters. The molecule has 23 heavy (non-hydrogen) atoms. The summed E-state index contributed by atoms with van der Waals surface area (Å²) in [6.07, 6.45) is 0. The fraction of sp³-hybridized carbons (Fsp3) is 0.176. The summed E-state index contributed by atoms with van der Waals surface area (Å²) in [4.78, 5) is 23.6. The number of benzene rings is 2. The van der Waals surface area contributed by atoms with Crippen molar-refractivity contribution in [2.45, 2.75) is 6.92 Å². The van der Waals surface area contributed by atoms with Crippen LogP contribution in [-0.4, -0.2) is 26.2 Å². The molecule has 2 aromatic rings. The minimum atomic E-state index is -0.464. The van der Waals surface area contributed by atoms with E-state index in [1.54, 1.807) is 30.3 Å². The number of ether oxygens (including phenoxy) is 2. The molecule has 2 aromatic carbocycles. The van der Waals surface area contributed by atoms with Gasteiger partial charge in [-0.3, -0.25) is 0 Å². The fourth-order valence-electron chi connectivity index (χ4n) is 2.05. The SMILES string of the molecule is COC(=O)c1cccc(NC(=O)Nc2cc(C)ccc2OC)c1. The third kappa shape index (κ3) is 4.23. The maximum atomic E-state index is 12.1. The molecule has 0 aliphatic heterocycles. The zero-order valence-corrected chi connectivity index (χ0v) is 13.2. The topological polar surface area (TPSA) is 76.7 Å². The molecule has 6 nitrogen and oxygen atoms in total. The molecule has 120 valence electrons. The lowest BCUT2D eigenvalue weighted by molar-refractivity contribution is 0.0600. The lowest BCUT2D eigenvalue weighted by atomic mass is 10.2. The maximum Gasteiger partial charge on any atom is 0.337 e. The van der Waals surface area contributed by atoms with Gasteiger partial charge in [0.15, 0.2) is 0 Å². The molecule has 0 bridgehead atoms. The van der Waals surface area contributed by atoms with E-state index in [1.807, 2.05) is 19.1 Å². The highest BCUT2D eigenvalue weighted by Gasteiger charge is 2.10. The van der Waals surface area contributed by atoms with Crippen LogP contribution in [-0.2, 0) is 4.74 Å². The van der Waals surface area contributed by atoms with Crippen molar-refractivity contribution in [2.24, 2.45) is 0 Å². The Labute approximate surface area is 134 Å². The Bertz CT molecular complexity index is 728. The number of methoxy groups -OCH3 is 2. The first-order chi connectivity index (χ1) is 11.0. The van der Waals surface area contributed by atoms with Crippen LogP contribution in [0.5, 0.6) is 5.75 Å². The molecule has 0 spiro atoms. The first-order valence-electron chi connectivity index (χ1n) is 6.94. The Hall–Kier alpha value is -3.02. The number of urea groups is 1. The molecule has 2 rings (SSSR count). The molecular weight excluding hydrogens is 296 g/mol. The van der Waals surface area contributed by atoms with Gasteiger partial charge in [0, 0.05) is 5.69 Å². The predicted molar refractivity (Wildman–Crippen MR) is 88.2 cm³/mol. The minimum Gasteiger partial charge on any atom is -0.495 e. The third-order valence-corrected chi connectivity index (χ3v) is 3.14. The van der Waals surface area contributed by atoms with Crippen molar-refractivity contribution in [3.63, 3.8) is 0 Å². The molecule has 0 aliphatic rings. The van der Waals surface area contributed by atoms with Gasteiger partial charge in [0.2, 0.25) is 0 Å². The molecular formula is C17H18N2O4. The number of rotatable bonds is 4. The van der Waals surface area contributed by atoms with Crippen LogP contribution in [0.4, 0.5) is 16.2 Å². The van der Waals surface area contributed by atoms with E-state index in [2.05, 4.69) is 15.4 Å². The first kappa shape index (κ1) is 16.4. The van der Waals surface area contributed by atoms with Gasteiger partial charge in [0.05, 0.1) is 25.5 Å². The van der Waals surface area contributed by atoms with Gasteiger partial charge in [-0.25, -0.2) is 9.59 Å². The summed E-state index contributed by atoms with van der Waals surface area (Å²) < 4.78 is 9.86. The van der Waals surface area contributed by atoms with Gasteiger partial charge in [0.25, 0.3) is 0 Å². The van der Waals surface area contributed by atoms with Crippen LogP contribution in [0.25, 0.3) is 0 Å². The Balaban J connectivity index is 2.11. The lowest BCUT2D eigenvalue weighted by Crippen LogP contribution is -2.20. The van der Waals surface area contributed by atoms with Crippen LogP contribution in [0.3, 0.4) is 0 Å². The largest absolute Gasteiger partial charge is 0.495 e. The fourth-order valence-corrected chi connectivity index (χ4v) is 2.05. The van der Waals surface area contributed by atoms with E-state index in [9.17, 15) is 9.59 Å². The molecule has 2 amide bonds. The normalized spacial score (nSPS) is 9.87. The summed E-state index contributed by atoms with van der Waals surface area (Å²) >= 11 is 0. The molecule has 0 fully saturated rings. The Kier molecular flexibility index (Phi) is 5.19. The molecule has 6 heteroatoms. The predicted octanol–water partition coefficient (Wildman–Crippen LogP) is 3.43. The van der Waals surface area contributed by atoms with E-state index in [1.165, 1.54) is 14.2 Å². The average molecular weight is 314 g/mol. The number of aryl methyl sites for hydroxylation is 1. The second kappa shape index (κ2) is 7.31. The number of esters is 1. The number of carbonyl (C=O) groups excluding carboxylic acids is 2. The number of nitrogens with one attached hydrogen (secondary N) is 2. The highest BCUT2D eigenvalue weighted by molar-refractivity contribution is 6.01. The van der Waals surface area contributed by atoms with Gasteiger partial charge in [0.1, 0.15) is 5.75 Å². The van der Waals surface area contributed by atoms with Crippen LogP contribution in [0.1, 0.15) is 15.9 Å². The van der Waals surface area contributed by atoms with Gasteiger partial charge >= 0.3 is 12.0 Å². The molecule has 0 aromatic heterocycles. The molecule has 0 radical (unpaired) electrons. The van der Waals surface area contributed by atoms with E-state index in [0.29, 0.717) is 22.7 Å². The van der Waals surface area contributed by atoms with Crippen LogP contribution >= 0.6 is 0 Å². The van der Waals surface area contributed by atoms with E-state index >= 15 is 0 Å². The van der Waals surface area contributed by atoms with Crippen molar-refractivity contribution < 1.29 is 19.1 Å². The zero-order valence-electron chi connectivity index (χ0n) is 13.2. The van der Waals surface area contributed by atoms with Crippen molar-refractivity contribution in [3.05, 3.63) is 53.6 Å². The molecule has 2 N–H and O–H groups in total. The number of carbonyl (C=O) groups is 2. The summed E-state index contributed by atoms with van der Waals surface area (Å²) in [6, 6.07) is 11.5. The molecule has 0 heterocycles. The van der Waals surface area contributed by atoms with Crippen LogP contribution < -0.4 is 15.4 Å². The summed E-state index contributed by atoms with van der Waals surface area (Å²) in [5.74, 6) is 0.100. The van der Waals surface area contributed by atoms with Gasteiger partial charge in [-0.2, -0.15) is 0 Å². The zero-order chi connectivity index (χ0) is 16.8. The van der Waals surface area contributed by atoms with Crippen molar-refractivity contribution in [3.8, 4) is 5.75 Å². The van der Waals surface area contributed by atoms with Crippen molar-refractivity contribution in [2.75, 3.05) is 24.9 Å². The van der Waals surface area contributed by atoms with E-state index in [-0.39, 0.29) is 0 Å². The van der Waals surface area contributed by atoms with E-state index < -0.39 is 12.0 Å². The van der Waals surface area contributed by atoms with Gasteiger partial charge in [-0.05, 0) is 42.8 Å². The first-order valence-corrected chi connectivity index (χ1v) is 6.94. The summed E-state index contributed by atoms with van der Waals surface area (Å²) in [5, 5.41) is 5.39.